The molecule has 2 aliphatic rings. The van der Waals surface area contributed by atoms with Crippen molar-refractivity contribution in [1.82, 2.24) is 10.2 Å². The molecule has 0 radical (unpaired) electrons. The zero-order chi connectivity index (χ0) is 10.9. The highest BCUT2D eigenvalue weighted by Gasteiger charge is 2.46. The number of carbonyl (C=O) groups is 1. The number of rotatable bonds is 4. The molecule has 3 N–H and O–H groups in total. The highest BCUT2D eigenvalue weighted by atomic mass is 16.1. The molecule has 0 aromatic rings. The number of hydrogen-bond donors (Lipinski definition) is 2. The zero-order valence-electron chi connectivity index (χ0n) is 9.46. The fourth-order valence-corrected chi connectivity index (χ4v) is 3.24. The number of fused-ring (bicyclic) bond motifs is 2. The van der Waals surface area contributed by atoms with E-state index >= 15 is 0 Å². The lowest BCUT2D eigenvalue weighted by atomic mass is 9.76. The third kappa shape index (κ3) is 2.01. The van der Waals surface area contributed by atoms with E-state index < -0.39 is 0 Å². The van der Waals surface area contributed by atoms with Gasteiger partial charge in [-0.25, -0.2) is 0 Å². The minimum absolute atomic E-state index is 0.00637. The van der Waals surface area contributed by atoms with Gasteiger partial charge in [-0.2, -0.15) is 0 Å². The Morgan fingerprint density at radius 3 is 3.07 bits per heavy atom. The van der Waals surface area contributed by atoms with Crippen LogP contribution in [0, 0.1) is 5.92 Å². The third-order valence-electron chi connectivity index (χ3n) is 3.95. The average Bonchev–Trinajstić information content (AvgIpc) is 2.57. The lowest BCUT2D eigenvalue weighted by Crippen LogP contribution is -2.57. The summed E-state index contributed by atoms with van der Waals surface area (Å²) in [6.45, 7) is 6.46. The maximum Gasteiger partial charge on any atom is 0.219 e. The van der Waals surface area contributed by atoms with E-state index in [4.69, 9.17) is 5.73 Å². The molecule has 1 amide bonds. The van der Waals surface area contributed by atoms with E-state index in [1.165, 1.54) is 13.0 Å². The van der Waals surface area contributed by atoms with Crippen molar-refractivity contribution in [1.29, 1.82) is 0 Å². The van der Waals surface area contributed by atoms with Crippen LogP contribution in [0.3, 0.4) is 0 Å². The lowest BCUT2D eigenvalue weighted by Gasteiger charge is -2.43. The smallest absolute Gasteiger partial charge is 0.219 e. The molecular weight excluding hydrogens is 190 g/mol. The fourth-order valence-electron chi connectivity index (χ4n) is 3.24. The number of hydrogen-bond acceptors (Lipinski definition) is 3. The molecule has 0 aliphatic carbocycles. The Morgan fingerprint density at radius 1 is 1.60 bits per heavy atom. The normalized spacial score (nSPS) is 39.3. The van der Waals surface area contributed by atoms with Crippen LogP contribution in [0.2, 0.25) is 0 Å². The van der Waals surface area contributed by atoms with Crippen molar-refractivity contribution >= 4 is 5.91 Å². The second-order valence-electron chi connectivity index (χ2n) is 4.87. The van der Waals surface area contributed by atoms with Crippen LogP contribution in [0.5, 0.6) is 0 Å². The van der Waals surface area contributed by atoms with Crippen LogP contribution in [0.4, 0.5) is 0 Å². The minimum atomic E-state index is -0.170. The maximum absolute atomic E-state index is 11.2. The van der Waals surface area contributed by atoms with Crippen LogP contribution in [0.25, 0.3) is 0 Å². The number of primary amides is 1. The highest BCUT2D eigenvalue weighted by molar-refractivity contribution is 5.75. The Morgan fingerprint density at radius 2 is 2.40 bits per heavy atom. The highest BCUT2D eigenvalue weighted by Crippen LogP contribution is 2.37. The Labute approximate surface area is 91.2 Å². The predicted molar refractivity (Wildman–Crippen MR) is 59.4 cm³/mol. The first-order valence-corrected chi connectivity index (χ1v) is 5.92. The molecule has 2 fully saturated rings. The molecule has 2 heterocycles. The molecule has 0 saturated carbocycles. The van der Waals surface area contributed by atoms with Gasteiger partial charge in [-0.3, -0.25) is 4.79 Å². The van der Waals surface area contributed by atoms with E-state index in [-0.39, 0.29) is 11.4 Å². The van der Waals surface area contributed by atoms with Gasteiger partial charge in [0.05, 0.1) is 0 Å². The van der Waals surface area contributed by atoms with Crippen LogP contribution >= 0.6 is 0 Å². The maximum atomic E-state index is 11.2. The van der Waals surface area contributed by atoms with E-state index in [0.29, 0.717) is 12.3 Å². The van der Waals surface area contributed by atoms with E-state index in [2.05, 4.69) is 17.1 Å². The molecule has 2 rings (SSSR count). The van der Waals surface area contributed by atoms with Crippen molar-refractivity contribution in [3.8, 4) is 0 Å². The largest absolute Gasteiger partial charge is 0.370 e. The van der Waals surface area contributed by atoms with Crippen molar-refractivity contribution in [3.63, 3.8) is 0 Å². The molecule has 0 spiro atoms. The van der Waals surface area contributed by atoms with Crippen LogP contribution in [-0.4, -0.2) is 42.5 Å². The standard InChI is InChI=1S/C11H21N3O/c1-2-13-11(7-10(12)15)4-6-14-5-3-9(11)8-14/h9,13H,2-8H2,1H3,(H2,12,15). The van der Waals surface area contributed by atoms with E-state index in [1.54, 1.807) is 0 Å². The Kier molecular flexibility index (Phi) is 2.98. The van der Waals surface area contributed by atoms with Crippen LogP contribution < -0.4 is 11.1 Å². The van der Waals surface area contributed by atoms with Gasteiger partial charge >= 0.3 is 0 Å². The summed E-state index contributed by atoms with van der Waals surface area (Å²) >= 11 is 0. The summed E-state index contributed by atoms with van der Waals surface area (Å²) < 4.78 is 0. The van der Waals surface area contributed by atoms with Gasteiger partial charge in [0.25, 0.3) is 0 Å². The predicted octanol–water partition coefficient (Wildman–Crippen LogP) is -0.0643. The summed E-state index contributed by atoms with van der Waals surface area (Å²) in [7, 11) is 0. The van der Waals surface area contributed by atoms with Gasteiger partial charge in [0, 0.05) is 18.5 Å². The van der Waals surface area contributed by atoms with Gasteiger partial charge < -0.3 is 16.0 Å². The number of nitrogens with one attached hydrogen (secondary N) is 1. The van der Waals surface area contributed by atoms with Gasteiger partial charge in [-0.15, -0.1) is 0 Å². The molecule has 0 aromatic carbocycles. The lowest BCUT2D eigenvalue weighted by molar-refractivity contribution is -0.120. The monoisotopic (exact) mass is 211 g/mol. The molecule has 15 heavy (non-hydrogen) atoms. The Bertz CT molecular complexity index is 256. The first-order chi connectivity index (χ1) is 7.16. The summed E-state index contributed by atoms with van der Waals surface area (Å²) in [5.74, 6) is 0.440. The molecular formula is C11H21N3O. The molecule has 2 saturated heterocycles. The van der Waals surface area contributed by atoms with Gasteiger partial charge in [0.2, 0.25) is 5.91 Å². The number of nitrogens with zero attached hydrogens (tertiary/aromatic N) is 1. The van der Waals surface area contributed by atoms with Crippen LogP contribution in [0.1, 0.15) is 26.2 Å². The van der Waals surface area contributed by atoms with Gasteiger partial charge in [0.15, 0.2) is 0 Å². The van der Waals surface area contributed by atoms with Crippen LogP contribution in [0.15, 0.2) is 0 Å². The van der Waals surface area contributed by atoms with Crippen molar-refractivity contribution in [2.75, 3.05) is 26.2 Å². The Hall–Kier alpha value is -0.610. The molecule has 3 atom stereocenters. The molecule has 3 unspecified atom stereocenters. The third-order valence-corrected chi connectivity index (χ3v) is 3.95. The summed E-state index contributed by atoms with van der Waals surface area (Å²) in [5.41, 5.74) is 5.37. The quantitative estimate of drug-likeness (QED) is 0.684. The minimum Gasteiger partial charge on any atom is -0.370 e. The SMILES string of the molecule is CCNC1(CC(N)=O)CCN2CCC1C2. The van der Waals surface area contributed by atoms with Crippen molar-refractivity contribution in [2.45, 2.75) is 31.7 Å². The second-order valence-corrected chi connectivity index (χ2v) is 4.87. The van der Waals surface area contributed by atoms with E-state index in [1.807, 2.05) is 0 Å². The topological polar surface area (TPSA) is 58.4 Å². The van der Waals surface area contributed by atoms with Crippen molar-refractivity contribution in [2.24, 2.45) is 11.7 Å². The molecule has 4 nitrogen and oxygen atoms in total. The van der Waals surface area contributed by atoms with E-state index in [0.717, 1.165) is 26.1 Å². The average molecular weight is 211 g/mol. The Balaban J connectivity index is 2.13. The summed E-state index contributed by atoms with van der Waals surface area (Å²) in [4.78, 5) is 13.7. The molecule has 0 aromatic heterocycles. The molecule has 2 aliphatic heterocycles. The van der Waals surface area contributed by atoms with Gasteiger partial charge in [-0.1, -0.05) is 6.92 Å². The molecule has 4 heteroatoms. The molecule has 86 valence electrons. The first kappa shape index (κ1) is 10.9. The fraction of sp³-hybridized carbons (Fsp3) is 0.909. The number of amides is 1. The van der Waals surface area contributed by atoms with Gasteiger partial charge in [0.1, 0.15) is 0 Å². The first-order valence-electron chi connectivity index (χ1n) is 5.92. The summed E-state index contributed by atoms with van der Waals surface area (Å²) in [5, 5.41) is 3.53. The van der Waals surface area contributed by atoms with Crippen molar-refractivity contribution in [3.05, 3.63) is 0 Å². The number of carbonyl (C=O) groups excluding carboxylic acids is 1. The van der Waals surface area contributed by atoms with Gasteiger partial charge in [-0.05, 0) is 38.4 Å². The number of piperidine rings is 1. The van der Waals surface area contributed by atoms with Crippen molar-refractivity contribution < 1.29 is 4.79 Å². The van der Waals surface area contributed by atoms with E-state index in [9.17, 15) is 4.79 Å². The zero-order valence-corrected chi connectivity index (χ0v) is 9.46. The van der Waals surface area contributed by atoms with Crippen LogP contribution in [-0.2, 0) is 4.79 Å². The number of nitrogens with two attached hydrogens (primary N) is 1. The second kappa shape index (κ2) is 4.10. The summed E-state index contributed by atoms with van der Waals surface area (Å²) in [6.07, 6.45) is 2.77. The summed E-state index contributed by atoms with van der Waals surface area (Å²) in [6, 6.07) is 0. The molecule has 2 bridgehead atoms.